The van der Waals surface area contributed by atoms with Gasteiger partial charge in [0.15, 0.2) is 0 Å². The normalized spacial score (nSPS) is 20.2. The summed E-state index contributed by atoms with van der Waals surface area (Å²) in [4.78, 5) is 29.4. The van der Waals surface area contributed by atoms with Gasteiger partial charge in [-0.15, -0.1) is 0 Å². The van der Waals surface area contributed by atoms with E-state index >= 15 is 0 Å². The van der Waals surface area contributed by atoms with Gasteiger partial charge >= 0.3 is 0 Å². The van der Waals surface area contributed by atoms with Crippen molar-refractivity contribution in [2.75, 3.05) is 29.9 Å². The smallest absolute Gasteiger partial charge is 0.214 e. The topological polar surface area (TPSA) is 43.9 Å². The molecule has 5 nitrogen and oxygen atoms in total. The molecular weight excluding hydrogens is 418 g/mol. The summed E-state index contributed by atoms with van der Waals surface area (Å²) in [7, 11) is 1.72. The van der Waals surface area contributed by atoms with Gasteiger partial charge in [0.25, 0.3) is 0 Å². The molecule has 3 rings (SSSR count). The second kappa shape index (κ2) is 10.4. The first-order chi connectivity index (χ1) is 13.6. The largest absolute Gasteiger partial charge is 0.316 e. The molecule has 0 spiro atoms. The van der Waals surface area contributed by atoms with Crippen molar-refractivity contribution in [3.05, 3.63) is 22.7 Å². The van der Waals surface area contributed by atoms with Crippen LogP contribution in [0.3, 0.4) is 0 Å². The quantitative estimate of drug-likeness (QED) is 0.596. The van der Waals surface area contributed by atoms with E-state index in [0.29, 0.717) is 6.04 Å². The van der Waals surface area contributed by atoms with Crippen molar-refractivity contribution in [1.29, 1.82) is 0 Å². The number of carbonyl (C=O) groups excluding carboxylic acids is 2. The van der Waals surface area contributed by atoms with Crippen LogP contribution in [0.1, 0.15) is 57.8 Å². The van der Waals surface area contributed by atoms with Gasteiger partial charge < -0.3 is 14.7 Å². The van der Waals surface area contributed by atoms with Crippen LogP contribution in [-0.2, 0) is 9.59 Å². The average molecular weight is 450 g/mol. The molecule has 2 amide bonds. The Morgan fingerprint density at radius 2 is 1.57 bits per heavy atom. The zero-order valence-corrected chi connectivity index (χ0v) is 18.4. The number of halogens is 1. The molecule has 0 N–H and O–H groups in total. The summed E-state index contributed by atoms with van der Waals surface area (Å²) in [5, 5.41) is 0. The van der Waals surface area contributed by atoms with Crippen LogP contribution in [0.15, 0.2) is 22.7 Å². The van der Waals surface area contributed by atoms with Gasteiger partial charge in [0.1, 0.15) is 0 Å². The maximum absolute atomic E-state index is 12.0. The van der Waals surface area contributed by atoms with E-state index in [1.165, 1.54) is 49.8 Å². The third kappa shape index (κ3) is 5.15. The first-order valence-electron chi connectivity index (χ1n) is 10.6. The van der Waals surface area contributed by atoms with Crippen molar-refractivity contribution in [3.63, 3.8) is 0 Å². The molecule has 1 aromatic carbocycles. The molecule has 0 aromatic heterocycles. The van der Waals surface area contributed by atoms with Gasteiger partial charge in [-0.3, -0.25) is 9.59 Å². The molecule has 2 fully saturated rings. The molecule has 2 aliphatic rings. The number of likely N-dealkylation sites (tertiary alicyclic amines) is 1. The number of piperidine rings is 1. The molecule has 1 saturated carbocycles. The Morgan fingerprint density at radius 1 is 0.929 bits per heavy atom. The van der Waals surface area contributed by atoms with Crippen molar-refractivity contribution in [2.24, 2.45) is 0 Å². The molecule has 0 atom stereocenters. The van der Waals surface area contributed by atoms with Gasteiger partial charge in [0, 0.05) is 36.7 Å². The third-order valence-corrected chi connectivity index (χ3v) is 6.84. The van der Waals surface area contributed by atoms with Crippen molar-refractivity contribution in [2.45, 2.75) is 69.9 Å². The van der Waals surface area contributed by atoms with Crippen molar-refractivity contribution >= 4 is 40.1 Å². The molecule has 1 aromatic rings. The Hall–Kier alpha value is -1.40. The van der Waals surface area contributed by atoms with Crippen LogP contribution in [0.5, 0.6) is 0 Å². The third-order valence-electron chi connectivity index (χ3n) is 6.35. The van der Waals surface area contributed by atoms with Crippen molar-refractivity contribution < 1.29 is 9.59 Å². The highest BCUT2D eigenvalue weighted by Crippen LogP contribution is 2.34. The maximum atomic E-state index is 12.0. The zero-order chi connectivity index (χ0) is 19.9. The van der Waals surface area contributed by atoms with Crippen LogP contribution >= 0.6 is 15.9 Å². The van der Waals surface area contributed by atoms with Crippen LogP contribution in [0.4, 0.5) is 11.4 Å². The number of hydrogen-bond donors (Lipinski definition) is 0. The average Bonchev–Trinajstić information content (AvgIpc) is 2.69. The molecule has 1 saturated heterocycles. The summed E-state index contributed by atoms with van der Waals surface area (Å²) in [6.45, 7) is 2.10. The fourth-order valence-corrected chi connectivity index (χ4v) is 5.08. The van der Waals surface area contributed by atoms with E-state index in [0.717, 1.165) is 54.6 Å². The number of anilines is 2. The zero-order valence-electron chi connectivity index (χ0n) is 16.9. The van der Waals surface area contributed by atoms with Crippen LogP contribution in [0.25, 0.3) is 0 Å². The van der Waals surface area contributed by atoms with Gasteiger partial charge in [0.2, 0.25) is 12.8 Å². The van der Waals surface area contributed by atoms with Crippen molar-refractivity contribution in [3.8, 4) is 0 Å². The molecule has 1 heterocycles. The molecular formula is C22H32BrN3O2. The summed E-state index contributed by atoms with van der Waals surface area (Å²) < 4.78 is 0.907. The minimum Gasteiger partial charge on any atom is -0.316 e. The van der Waals surface area contributed by atoms with Gasteiger partial charge in [-0.25, -0.2) is 0 Å². The molecule has 1 aliphatic carbocycles. The van der Waals surface area contributed by atoms with E-state index in [-0.39, 0.29) is 6.04 Å². The first kappa shape index (κ1) is 21.3. The Morgan fingerprint density at radius 3 is 2.18 bits per heavy atom. The summed E-state index contributed by atoms with van der Waals surface area (Å²) in [6.07, 6.45) is 13.2. The Bertz CT molecular complexity index is 653. The lowest BCUT2D eigenvalue weighted by Crippen LogP contribution is -2.48. The SMILES string of the molecule is CN(C=O)c1ccc(Br)cc1N(C=O)C1CCN(C2CCCCCCC2)CC1. The monoisotopic (exact) mass is 449 g/mol. The predicted octanol–water partition coefficient (Wildman–Crippen LogP) is 4.58. The van der Waals surface area contributed by atoms with E-state index < -0.39 is 0 Å². The number of carbonyl (C=O) groups is 2. The summed E-state index contributed by atoms with van der Waals surface area (Å²) in [5.41, 5.74) is 1.55. The Balaban J connectivity index is 1.69. The highest BCUT2D eigenvalue weighted by molar-refractivity contribution is 9.10. The lowest BCUT2D eigenvalue weighted by Gasteiger charge is -2.41. The van der Waals surface area contributed by atoms with Crippen LogP contribution in [0.2, 0.25) is 0 Å². The van der Waals surface area contributed by atoms with E-state index in [1.807, 2.05) is 23.1 Å². The number of hydrogen-bond acceptors (Lipinski definition) is 3. The number of benzene rings is 1. The van der Waals surface area contributed by atoms with Gasteiger partial charge in [-0.1, -0.05) is 48.0 Å². The highest BCUT2D eigenvalue weighted by atomic mass is 79.9. The second-order valence-corrected chi connectivity index (χ2v) is 9.04. The molecule has 0 unspecified atom stereocenters. The molecule has 6 heteroatoms. The highest BCUT2D eigenvalue weighted by Gasteiger charge is 2.29. The number of nitrogens with zero attached hydrogens (tertiary/aromatic N) is 3. The minimum atomic E-state index is 0.176. The lowest BCUT2D eigenvalue weighted by atomic mass is 9.93. The molecule has 154 valence electrons. The summed E-state index contributed by atoms with van der Waals surface area (Å²) in [6, 6.07) is 6.61. The van der Waals surface area contributed by atoms with Crippen molar-refractivity contribution in [1.82, 2.24) is 4.90 Å². The molecule has 28 heavy (non-hydrogen) atoms. The Kier molecular flexibility index (Phi) is 7.91. The van der Waals surface area contributed by atoms with Gasteiger partial charge in [-0.05, 0) is 43.9 Å². The summed E-state index contributed by atoms with van der Waals surface area (Å²) >= 11 is 3.51. The van der Waals surface area contributed by atoms with E-state index in [1.54, 1.807) is 7.05 Å². The van der Waals surface area contributed by atoms with Crippen LogP contribution < -0.4 is 9.80 Å². The van der Waals surface area contributed by atoms with E-state index in [2.05, 4.69) is 20.8 Å². The maximum Gasteiger partial charge on any atom is 0.214 e. The Labute approximate surface area is 177 Å². The minimum absolute atomic E-state index is 0.176. The number of rotatable bonds is 6. The van der Waals surface area contributed by atoms with Crippen LogP contribution in [-0.4, -0.2) is 49.9 Å². The predicted molar refractivity (Wildman–Crippen MR) is 118 cm³/mol. The van der Waals surface area contributed by atoms with Gasteiger partial charge in [-0.2, -0.15) is 0 Å². The van der Waals surface area contributed by atoms with Gasteiger partial charge in [0.05, 0.1) is 11.4 Å². The lowest BCUT2D eigenvalue weighted by molar-refractivity contribution is -0.108. The van der Waals surface area contributed by atoms with E-state index in [9.17, 15) is 9.59 Å². The fourth-order valence-electron chi connectivity index (χ4n) is 4.73. The summed E-state index contributed by atoms with van der Waals surface area (Å²) in [5.74, 6) is 0. The van der Waals surface area contributed by atoms with E-state index in [4.69, 9.17) is 0 Å². The molecule has 0 bridgehead atoms. The fraction of sp³-hybridized carbons (Fsp3) is 0.636. The first-order valence-corrected chi connectivity index (χ1v) is 11.4. The second-order valence-electron chi connectivity index (χ2n) is 8.13. The van der Waals surface area contributed by atoms with Crippen LogP contribution in [0, 0.1) is 0 Å². The molecule has 0 radical (unpaired) electrons. The molecule has 1 aliphatic heterocycles. The number of amides is 2. The standard InChI is InChI=1S/C22H32BrN3O2/c1-24(16-27)21-10-9-18(23)15-22(21)26(17-28)20-11-13-25(14-12-20)19-7-5-3-2-4-6-8-19/h9-10,15-17,19-20H,2-8,11-14H2,1H3.